The molecule has 0 amide bonds. The van der Waals surface area contributed by atoms with E-state index in [1.165, 1.54) is 40.8 Å². The molecular weight excluding hydrogens is 462 g/mol. The number of fused-ring (bicyclic) bond motifs is 1. The molecule has 3 heterocycles. The molecule has 2 aromatic carbocycles. The summed E-state index contributed by atoms with van der Waals surface area (Å²) >= 11 is 0. The third-order valence-corrected chi connectivity index (χ3v) is 8.00. The van der Waals surface area contributed by atoms with Crippen molar-refractivity contribution >= 4 is 21.1 Å². The summed E-state index contributed by atoms with van der Waals surface area (Å²) in [6.07, 6.45) is 1.29. The Bertz CT molecular complexity index is 1370. The maximum absolute atomic E-state index is 13.5. The monoisotopic (exact) mass is 484 g/mol. The summed E-state index contributed by atoms with van der Waals surface area (Å²) < 4.78 is 60.2. The molecule has 1 saturated heterocycles. The molecule has 34 heavy (non-hydrogen) atoms. The van der Waals surface area contributed by atoms with Gasteiger partial charge in [0.15, 0.2) is 0 Å². The number of sulfonamides is 1. The van der Waals surface area contributed by atoms with Crippen molar-refractivity contribution in [3.05, 3.63) is 89.2 Å². The van der Waals surface area contributed by atoms with Gasteiger partial charge in [-0.1, -0.05) is 29.4 Å². The number of halogens is 2. The standard InChI is InChI=1S/C24H22F2N4O3S/c1-16-22-14-21(15-27-24(22)33-28-16)34(31,32)30-12-10-29(11-13-30)23(17-2-6-19(25)7-3-17)18-4-8-20(26)9-5-18/h2-9,14-15,23H,10-13H2,1H3. The molecule has 1 aliphatic rings. The van der Waals surface area contributed by atoms with Crippen molar-refractivity contribution in [2.75, 3.05) is 26.2 Å². The van der Waals surface area contributed by atoms with Crippen LogP contribution in [0.5, 0.6) is 0 Å². The number of hydrogen-bond donors (Lipinski definition) is 0. The van der Waals surface area contributed by atoms with E-state index in [9.17, 15) is 17.2 Å². The van der Waals surface area contributed by atoms with Gasteiger partial charge in [0.25, 0.3) is 5.71 Å². The first-order valence-corrected chi connectivity index (χ1v) is 12.2. The molecule has 176 valence electrons. The zero-order chi connectivity index (χ0) is 23.9. The Morgan fingerprint density at radius 3 is 2.03 bits per heavy atom. The van der Waals surface area contributed by atoms with Gasteiger partial charge >= 0.3 is 0 Å². The van der Waals surface area contributed by atoms with Gasteiger partial charge in [0.05, 0.1) is 23.3 Å². The molecule has 0 bridgehead atoms. The molecule has 0 aliphatic carbocycles. The maximum atomic E-state index is 13.5. The van der Waals surface area contributed by atoms with Crippen molar-refractivity contribution in [3.8, 4) is 0 Å². The molecule has 2 aromatic heterocycles. The maximum Gasteiger partial charge on any atom is 0.257 e. The van der Waals surface area contributed by atoms with Gasteiger partial charge in [-0.05, 0) is 48.4 Å². The fourth-order valence-corrected chi connectivity index (χ4v) is 5.72. The van der Waals surface area contributed by atoms with Crippen molar-refractivity contribution in [3.63, 3.8) is 0 Å². The first kappa shape index (κ1) is 22.6. The summed E-state index contributed by atoms with van der Waals surface area (Å²) in [6, 6.07) is 13.7. The van der Waals surface area contributed by atoms with Gasteiger partial charge in [0, 0.05) is 26.2 Å². The lowest BCUT2D eigenvalue weighted by molar-refractivity contribution is 0.155. The van der Waals surface area contributed by atoms with Crippen LogP contribution in [0.1, 0.15) is 22.9 Å². The quantitative estimate of drug-likeness (QED) is 0.428. The Balaban J connectivity index is 1.39. The lowest BCUT2D eigenvalue weighted by Crippen LogP contribution is -2.49. The van der Waals surface area contributed by atoms with E-state index in [0.717, 1.165) is 11.1 Å². The minimum Gasteiger partial charge on any atom is -0.336 e. The zero-order valence-corrected chi connectivity index (χ0v) is 19.2. The largest absolute Gasteiger partial charge is 0.336 e. The highest BCUT2D eigenvalue weighted by atomic mass is 32.2. The minimum absolute atomic E-state index is 0.0911. The molecular formula is C24H22F2N4O3S. The highest BCUT2D eigenvalue weighted by Gasteiger charge is 2.33. The molecule has 7 nitrogen and oxygen atoms in total. The van der Waals surface area contributed by atoms with E-state index >= 15 is 0 Å². The Labute approximate surface area is 195 Å². The van der Waals surface area contributed by atoms with Crippen LogP contribution >= 0.6 is 0 Å². The van der Waals surface area contributed by atoms with Crippen molar-refractivity contribution in [1.29, 1.82) is 0 Å². The summed E-state index contributed by atoms with van der Waals surface area (Å²) in [7, 11) is -3.76. The van der Waals surface area contributed by atoms with Crippen LogP contribution in [0.25, 0.3) is 11.1 Å². The molecule has 0 N–H and O–H groups in total. The summed E-state index contributed by atoms with van der Waals surface area (Å²) in [4.78, 5) is 6.31. The molecule has 0 unspecified atom stereocenters. The topological polar surface area (TPSA) is 79.5 Å². The van der Waals surface area contributed by atoms with Gasteiger partial charge in [0.2, 0.25) is 10.0 Å². The summed E-state index contributed by atoms with van der Waals surface area (Å²) in [5.41, 5.74) is 2.57. The third kappa shape index (κ3) is 4.20. The molecule has 0 spiro atoms. The van der Waals surface area contributed by atoms with Gasteiger partial charge in [-0.3, -0.25) is 4.90 Å². The van der Waals surface area contributed by atoms with Crippen molar-refractivity contribution in [2.24, 2.45) is 0 Å². The highest BCUT2D eigenvalue weighted by Crippen LogP contribution is 2.31. The SMILES string of the molecule is Cc1noc2ncc(S(=O)(=O)N3CCN(C(c4ccc(F)cc4)c4ccc(F)cc4)CC3)cc12. The van der Waals surface area contributed by atoms with Crippen LogP contribution in [0.4, 0.5) is 8.78 Å². The number of rotatable bonds is 5. The summed E-state index contributed by atoms with van der Waals surface area (Å²) in [5, 5.41) is 4.39. The van der Waals surface area contributed by atoms with E-state index in [1.807, 2.05) is 0 Å². The van der Waals surface area contributed by atoms with Crippen LogP contribution in [-0.2, 0) is 10.0 Å². The van der Waals surface area contributed by atoms with Gasteiger partial charge < -0.3 is 4.52 Å². The summed E-state index contributed by atoms with van der Waals surface area (Å²) in [5.74, 6) is -0.683. The second-order valence-corrected chi connectivity index (χ2v) is 10.2. The van der Waals surface area contributed by atoms with E-state index in [-0.39, 0.29) is 35.7 Å². The van der Waals surface area contributed by atoms with E-state index in [4.69, 9.17) is 4.52 Å². The predicted molar refractivity (Wildman–Crippen MR) is 122 cm³/mol. The Morgan fingerprint density at radius 1 is 0.912 bits per heavy atom. The van der Waals surface area contributed by atoms with Crippen molar-refractivity contribution in [1.82, 2.24) is 19.3 Å². The Kier molecular flexibility index (Phi) is 5.88. The average Bonchev–Trinajstić information content (AvgIpc) is 3.22. The first-order chi connectivity index (χ1) is 16.3. The van der Waals surface area contributed by atoms with Crippen LogP contribution in [-0.4, -0.2) is 53.9 Å². The minimum atomic E-state index is -3.76. The van der Waals surface area contributed by atoms with Gasteiger partial charge in [-0.2, -0.15) is 4.31 Å². The number of benzene rings is 2. The van der Waals surface area contributed by atoms with Crippen LogP contribution in [0.2, 0.25) is 0 Å². The Hall–Kier alpha value is -3.21. The first-order valence-electron chi connectivity index (χ1n) is 10.8. The Morgan fingerprint density at radius 2 is 1.47 bits per heavy atom. The fourth-order valence-electron chi connectivity index (χ4n) is 4.32. The molecule has 0 radical (unpaired) electrons. The molecule has 4 aromatic rings. The second kappa shape index (κ2) is 8.86. The van der Waals surface area contributed by atoms with Crippen molar-refractivity contribution < 1.29 is 21.7 Å². The lowest BCUT2D eigenvalue weighted by Gasteiger charge is -2.39. The van der Waals surface area contributed by atoms with Crippen LogP contribution in [0.3, 0.4) is 0 Å². The van der Waals surface area contributed by atoms with Crippen LogP contribution in [0.15, 0.2) is 70.2 Å². The van der Waals surface area contributed by atoms with Gasteiger partial charge in [-0.15, -0.1) is 0 Å². The van der Waals surface area contributed by atoms with Crippen LogP contribution in [0, 0.1) is 18.6 Å². The number of pyridine rings is 1. The molecule has 5 rings (SSSR count). The normalized spacial score (nSPS) is 15.9. The summed E-state index contributed by atoms with van der Waals surface area (Å²) in [6.45, 7) is 3.15. The van der Waals surface area contributed by atoms with Gasteiger partial charge in [-0.25, -0.2) is 22.2 Å². The molecule has 0 atom stereocenters. The van der Waals surface area contributed by atoms with E-state index in [2.05, 4.69) is 15.0 Å². The highest BCUT2D eigenvalue weighted by molar-refractivity contribution is 7.89. The van der Waals surface area contributed by atoms with Crippen LogP contribution < -0.4 is 0 Å². The molecule has 1 fully saturated rings. The van der Waals surface area contributed by atoms with Gasteiger partial charge in [0.1, 0.15) is 16.5 Å². The lowest BCUT2D eigenvalue weighted by atomic mass is 9.96. The number of hydrogen-bond acceptors (Lipinski definition) is 6. The van der Waals surface area contributed by atoms with E-state index in [0.29, 0.717) is 29.9 Å². The number of aryl methyl sites for hydroxylation is 1. The van der Waals surface area contributed by atoms with Crippen molar-refractivity contribution in [2.45, 2.75) is 17.9 Å². The molecule has 1 aliphatic heterocycles. The average molecular weight is 485 g/mol. The second-order valence-electron chi connectivity index (χ2n) is 8.24. The predicted octanol–water partition coefficient (Wildman–Crippen LogP) is 3.91. The molecule has 10 heteroatoms. The molecule has 0 saturated carbocycles. The number of nitrogens with zero attached hydrogens (tertiary/aromatic N) is 4. The number of aromatic nitrogens is 2. The van der Waals surface area contributed by atoms with E-state index in [1.54, 1.807) is 31.2 Å². The third-order valence-electron chi connectivity index (χ3n) is 6.13. The fraction of sp³-hybridized carbons (Fsp3) is 0.250. The zero-order valence-electron chi connectivity index (χ0n) is 18.4. The number of piperazine rings is 1. The van der Waals surface area contributed by atoms with E-state index < -0.39 is 10.0 Å². The smallest absolute Gasteiger partial charge is 0.257 e.